The number of hydrogen-bond acceptors (Lipinski definition) is 1. The van der Waals surface area contributed by atoms with E-state index < -0.39 is 5.41 Å². The quantitative estimate of drug-likeness (QED) is 0.124. The molecule has 0 saturated heterocycles. The van der Waals surface area contributed by atoms with Gasteiger partial charge in [0.05, 0.1) is 16.4 Å². The van der Waals surface area contributed by atoms with Gasteiger partial charge in [0.2, 0.25) is 0 Å². The fourth-order valence-corrected chi connectivity index (χ4v) is 13.6. The smallest absolute Gasteiger partial charge is 0.0714 e. The normalized spacial score (nSPS) is 12.4. The maximum atomic E-state index is 2.50. The maximum Gasteiger partial charge on any atom is 0.0714 e. The summed E-state index contributed by atoms with van der Waals surface area (Å²) < 4.78 is 2.38. The van der Waals surface area contributed by atoms with E-state index in [9.17, 15) is 0 Å². The number of aromatic nitrogens is 1. The minimum Gasteiger partial charge on any atom is -0.310 e. The van der Waals surface area contributed by atoms with Crippen molar-refractivity contribution in [3.05, 3.63) is 350 Å². The maximum absolute atomic E-state index is 2.50. The summed E-state index contributed by atoms with van der Waals surface area (Å²) in [6.07, 6.45) is 0. The first-order valence-electron chi connectivity index (χ1n) is 28.7. The Hall–Kier alpha value is -10.8. The van der Waals surface area contributed by atoms with Crippen LogP contribution in [0.5, 0.6) is 0 Å². The van der Waals surface area contributed by atoms with Crippen molar-refractivity contribution in [2.75, 3.05) is 4.90 Å². The molecule has 0 N–H and O–H groups in total. The molecule has 0 amide bonds. The van der Waals surface area contributed by atoms with Gasteiger partial charge in [-0.05, 0) is 172 Å². The van der Waals surface area contributed by atoms with Gasteiger partial charge in [-0.25, -0.2) is 0 Å². The van der Waals surface area contributed by atoms with Crippen LogP contribution in [0.3, 0.4) is 0 Å². The summed E-state index contributed by atoms with van der Waals surface area (Å²) >= 11 is 0. The highest BCUT2D eigenvalue weighted by molar-refractivity contribution is 6.15. The average Bonchev–Trinajstić information content (AvgIpc) is 3.65. The Morgan fingerprint density at radius 3 is 1.37 bits per heavy atom. The first-order valence-corrected chi connectivity index (χ1v) is 28.7. The lowest BCUT2D eigenvalue weighted by molar-refractivity contribution is 0.768. The van der Waals surface area contributed by atoms with E-state index in [-0.39, 0.29) is 0 Å². The van der Waals surface area contributed by atoms with Gasteiger partial charge >= 0.3 is 0 Å². The van der Waals surface area contributed by atoms with Crippen molar-refractivity contribution in [1.82, 2.24) is 4.57 Å². The Balaban J connectivity index is 0.861. The van der Waals surface area contributed by atoms with Gasteiger partial charge in [0, 0.05) is 33.5 Å². The first kappa shape index (κ1) is 48.1. The van der Waals surface area contributed by atoms with Crippen molar-refractivity contribution in [3.63, 3.8) is 0 Å². The molecule has 83 heavy (non-hydrogen) atoms. The molecule has 0 bridgehead atoms. The van der Waals surface area contributed by atoms with E-state index in [1.54, 1.807) is 0 Å². The fourth-order valence-electron chi connectivity index (χ4n) is 13.6. The topological polar surface area (TPSA) is 8.17 Å². The number of hydrogen-bond donors (Lipinski definition) is 0. The van der Waals surface area contributed by atoms with E-state index in [0.717, 1.165) is 28.3 Å². The van der Waals surface area contributed by atoms with E-state index in [0.29, 0.717) is 0 Å². The van der Waals surface area contributed by atoms with E-state index in [1.807, 2.05) is 0 Å². The van der Waals surface area contributed by atoms with Crippen LogP contribution in [0.1, 0.15) is 22.3 Å². The average molecular weight is 1060 g/mol. The van der Waals surface area contributed by atoms with Crippen molar-refractivity contribution in [3.8, 4) is 61.3 Å². The summed E-state index contributed by atoms with van der Waals surface area (Å²) in [5, 5.41) is 7.50. The summed E-state index contributed by atoms with van der Waals surface area (Å²) in [4.78, 5) is 2.44. The summed E-state index contributed by atoms with van der Waals surface area (Å²) in [5.41, 5.74) is 23.1. The van der Waals surface area contributed by atoms with E-state index in [4.69, 9.17) is 0 Å². The second-order valence-electron chi connectivity index (χ2n) is 22.0. The number of fused-ring (bicyclic) bond motifs is 9. The van der Waals surface area contributed by atoms with Gasteiger partial charge in [0.1, 0.15) is 0 Å². The SMILES string of the molecule is c1ccc(-c2ccc(-c3ccc(N(c4ccc(-c5ccc6c(c5)c5ccccc5n6-c5ccccc5)cc4)c4ccc5c(c4)C(c4ccccc4)(c4ccccc4)c4cc(-c6cccc7ccc8ccccc8c67)ccc4-5)cc3)cc2)cc1. The first-order chi connectivity index (χ1) is 41.2. The molecular formula is C81H54N2. The van der Waals surface area contributed by atoms with Gasteiger partial charge in [-0.1, -0.05) is 255 Å². The Labute approximate surface area is 483 Å². The second kappa shape index (κ2) is 19.8. The van der Waals surface area contributed by atoms with Crippen LogP contribution in [0.15, 0.2) is 328 Å². The van der Waals surface area contributed by atoms with Crippen LogP contribution in [0, 0.1) is 0 Å². The molecule has 1 aliphatic carbocycles. The lowest BCUT2D eigenvalue weighted by Gasteiger charge is -2.35. The summed E-state index contributed by atoms with van der Waals surface area (Å²) in [6, 6.07) is 121. The Bertz CT molecular complexity index is 4870. The summed E-state index contributed by atoms with van der Waals surface area (Å²) in [6.45, 7) is 0. The van der Waals surface area contributed by atoms with Crippen molar-refractivity contribution in [2.45, 2.75) is 5.41 Å². The van der Waals surface area contributed by atoms with Crippen LogP contribution in [0.25, 0.3) is 105 Å². The predicted octanol–water partition coefficient (Wildman–Crippen LogP) is 21.6. The Kier molecular flexibility index (Phi) is 11.5. The highest BCUT2D eigenvalue weighted by Crippen LogP contribution is 2.58. The standard InChI is InChI=1S/C81H54N2/c1-5-18-55(19-6-1)56-32-34-57(35-33-56)58-38-44-67(45-39-58)82(68-46-40-59(41-47-68)62-43-51-79-75(52-62)74-29-15-16-31-78(74)83(79)66-26-11-4-12-27-66)69-48-50-73-72-49-42-63(71-30-17-21-61-37-36-60-20-13-14-28-70(60)80(61)71)53-76(72)81(77(73)54-69,64-22-7-2-8-23-64)65-24-9-3-10-25-65/h1-54H. The van der Waals surface area contributed by atoms with Crippen LogP contribution in [-0.4, -0.2) is 4.57 Å². The van der Waals surface area contributed by atoms with Gasteiger partial charge in [0.25, 0.3) is 0 Å². The molecular weight excluding hydrogens is 1000 g/mol. The number of benzene rings is 14. The molecule has 0 atom stereocenters. The molecule has 2 nitrogen and oxygen atoms in total. The van der Waals surface area contributed by atoms with Crippen molar-refractivity contribution in [2.24, 2.45) is 0 Å². The second-order valence-corrected chi connectivity index (χ2v) is 22.0. The molecule has 0 radical (unpaired) electrons. The zero-order valence-corrected chi connectivity index (χ0v) is 45.6. The lowest BCUT2D eigenvalue weighted by atomic mass is 9.67. The molecule has 0 spiro atoms. The minimum absolute atomic E-state index is 0.653. The number of para-hydroxylation sites is 2. The van der Waals surface area contributed by atoms with E-state index in [2.05, 4.69) is 337 Å². The van der Waals surface area contributed by atoms with Gasteiger partial charge in [-0.3, -0.25) is 0 Å². The molecule has 0 aliphatic heterocycles. The van der Waals surface area contributed by atoms with Gasteiger partial charge in [0.15, 0.2) is 0 Å². The van der Waals surface area contributed by atoms with Crippen molar-refractivity contribution >= 4 is 60.4 Å². The van der Waals surface area contributed by atoms with Crippen LogP contribution in [0.2, 0.25) is 0 Å². The van der Waals surface area contributed by atoms with Crippen LogP contribution < -0.4 is 4.90 Å². The Morgan fingerprint density at radius 2 is 0.711 bits per heavy atom. The summed E-state index contributed by atoms with van der Waals surface area (Å²) in [7, 11) is 0. The van der Waals surface area contributed by atoms with Crippen molar-refractivity contribution in [1.29, 1.82) is 0 Å². The third-order valence-electron chi connectivity index (χ3n) is 17.5. The Morgan fingerprint density at radius 1 is 0.253 bits per heavy atom. The molecule has 1 aliphatic rings. The highest BCUT2D eigenvalue weighted by Gasteiger charge is 2.46. The highest BCUT2D eigenvalue weighted by atomic mass is 15.1. The zero-order chi connectivity index (χ0) is 54.8. The summed E-state index contributed by atoms with van der Waals surface area (Å²) in [5.74, 6) is 0. The minimum atomic E-state index is -0.653. The molecule has 16 rings (SSSR count). The monoisotopic (exact) mass is 1050 g/mol. The van der Waals surface area contributed by atoms with Gasteiger partial charge in [-0.15, -0.1) is 0 Å². The largest absolute Gasteiger partial charge is 0.310 e. The fraction of sp³-hybridized carbons (Fsp3) is 0.0123. The predicted molar refractivity (Wildman–Crippen MR) is 350 cm³/mol. The van der Waals surface area contributed by atoms with Crippen LogP contribution >= 0.6 is 0 Å². The molecule has 1 aromatic heterocycles. The lowest BCUT2D eigenvalue weighted by Crippen LogP contribution is -2.28. The van der Waals surface area contributed by atoms with Crippen LogP contribution in [-0.2, 0) is 5.41 Å². The molecule has 388 valence electrons. The number of nitrogens with zero attached hydrogens (tertiary/aromatic N) is 2. The molecule has 15 aromatic rings. The van der Waals surface area contributed by atoms with Gasteiger partial charge in [-0.2, -0.15) is 0 Å². The molecule has 2 heteroatoms. The molecule has 0 fully saturated rings. The molecule has 1 heterocycles. The number of rotatable bonds is 10. The third kappa shape index (κ3) is 7.94. The molecule has 14 aromatic carbocycles. The van der Waals surface area contributed by atoms with E-state index in [1.165, 1.54) is 116 Å². The molecule has 0 unspecified atom stereocenters. The third-order valence-corrected chi connectivity index (χ3v) is 17.5. The van der Waals surface area contributed by atoms with Gasteiger partial charge < -0.3 is 9.47 Å². The van der Waals surface area contributed by atoms with Crippen LogP contribution in [0.4, 0.5) is 17.1 Å². The van der Waals surface area contributed by atoms with E-state index >= 15 is 0 Å². The molecule has 0 saturated carbocycles. The van der Waals surface area contributed by atoms with Crippen molar-refractivity contribution < 1.29 is 0 Å². The zero-order valence-electron chi connectivity index (χ0n) is 45.6. The number of anilines is 3.